The second-order valence-electron chi connectivity index (χ2n) is 4.09. The highest BCUT2D eigenvalue weighted by Gasteiger charge is 2.01. The zero-order valence-corrected chi connectivity index (χ0v) is 10.3. The van der Waals surface area contributed by atoms with Crippen molar-refractivity contribution in [2.24, 2.45) is 0 Å². The van der Waals surface area contributed by atoms with Crippen molar-refractivity contribution in [3.63, 3.8) is 0 Å². The van der Waals surface area contributed by atoms with Crippen LogP contribution in [0.5, 0.6) is 0 Å². The minimum atomic E-state index is 0.607. The highest BCUT2D eigenvalue weighted by atomic mass is 16.5. The van der Waals surface area contributed by atoms with Crippen LogP contribution in [0.25, 0.3) is 0 Å². The van der Waals surface area contributed by atoms with Gasteiger partial charge in [0.25, 0.3) is 0 Å². The molecule has 2 heterocycles. The normalized spacial score (nSPS) is 10.9. The molecule has 2 rings (SSSR count). The molecule has 0 aliphatic carbocycles. The molecule has 17 heavy (non-hydrogen) atoms. The lowest BCUT2D eigenvalue weighted by Gasteiger charge is -2.00. The van der Waals surface area contributed by atoms with Crippen molar-refractivity contribution in [2.75, 3.05) is 0 Å². The Labute approximate surface area is 101 Å². The summed E-state index contributed by atoms with van der Waals surface area (Å²) in [5.74, 6) is 1.31. The third-order valence-electron chi connectivity index (χ3n) is 2.48. The van der Waals surface area contributed by atoms with E-state index in [-0.39, 0.29) is 0 Å². The molecule has 0 aliphatic heterocycles. The molecule has 92 valence electrons. The summed E-state index contributed by atoms with van der Waals surface area (Å²) in [4.78, 5) is 4.13. The first-order valence-electron chi connectivity index (χ1n) is 5.92. The maximum absolute atomic E-state index is 4.90. The molecule has 0 spiro atoms. The number of nitrogens with zero attached hydrogens (tertiary/aromatic N) is 3. The Balaban J connectivity index is 1.77. The number of hydrogen-bond donors (Lipinski definition) is 1. The molecule has 1 N–H and O–H groups in total. The average molecular weight is 234 g/mol. The fourth-order valence-corrected chi connectivity index (χ4v) is 1.72. The van der Waals surface area contributed by atoms with Gasteiger partial charge in [0.2, 0.25) is 5.89 Å². The Morgan fingerprint density at radius 3 is 3.00 bits per heavy atom. The first kappa shape index (κ1) is 11.9. The van der Waals surface area contributed by atoms with E-state index in [0.717, 1.165) is 19.5 Å². The second kappa shape index (κ2) is 5.63. The van der Waals surface area contributed by atoms with Gasteiger partial charge in [0.05, 0.1) is 6.54 Å². The van der Waals surface area contributed by atoms with Crippen molar-refractivity contribution >= 4 is 0 Å². The summed E-state index contributed by atoms with van der Waals surface area (Å²) < 4.78 is 7.10. The van der Waals surface area contributed by atoms with Gasteiger partial charge >= 0.3 is 0 Å². The van der Waals surface area contributed by atoms with Gasteiger partial charge in [-0.3, -0.25) is 0 Å². The van der Waals surface area contributed by atoms with Crippen molar-refractivity contribution in [3.05, 3.63) is 35.7 Å². The van der Waals surface area contributed by atoms with Crippen LogP contribution in [0.4, 0.5) is 0 Å². The molecular formula is C12H18N4O. The van der Waals surface area contributed by atoms with Gasteiger partial charge in [-0.05, 0) is 18.1 Å². The fourth-order valence-electron chi connectivity index (χ4n) is 1.72. The van der Waals surface area contributed by atoms with Crippen molar-refractivity contribution in [1.82, 2.24) is 20.0 Å². The van der Waals surface area contributed by atoms with Crippen molar-refractivity contribution < 1.29 is 4.52 Å². The first-order chi connectivity index (χ1) is 8.28. The smallest absolute Gasteiger partial charge is 0.223 e. The zero-order chi connectivity index (χ0) is 12.1. The summed E-state index contributed by atoms with van der Waals surface area (Å²) in [6.45, 7) is 6.50. The van der Waals surface area contributed by atoms with E-state index in [1.165, 1.54) is 5.56 Å². The number of rotatable bonds is 6. The minimum Gasteiger partial charge on any atom is -0.354 e. The van der Waals surface area contributed by atoms with Crippen LogP contribution in [0.15, 0.2) is 23.0 Å². The van der Waals surface area contributed by atoms with Gasteiger partial charge < -0.3 is 14.4 Å². The van der Waals surface area contributed by atoms with E-state index in [4.69, 9.17) is 4.52 Å². The topological polar surface area (TPSA) is 55.9 Å². The quantitative estimate of drug-likeness (QED) is 0.829. The van der Waals surface area contributed by atoms with Crippen LogP contribution >= 0.6 is 0 Å². The number of hydrogen-bond acceptors (Lipinski definition) is 4. The summed E-state index contributed by atoms with van der Waals surface area (Å²) in [6.07, 6.45) is 5.43. The minimum absolute atomic E-state index is 0.607. The lowest BCUT2D eigenvalue weighted by atomic mass is 10.3. The Hall–Kier alpha value is -1.62. The average Bonchev–Trinajstić information content (AvgIpc) is 2.89. The predicted molar refractivity (Wildman–Crippen MR) is 64.3 cm³/mol. The summed E-state index contributed by atoms with van der Waals surface area (Å²) in [6, 6.07) is 2.13. The van der Waals surface area contributed by atoms with Crippen LogP contribution in [0.2, 0.25) is 0 Å². The van der Waals surface area contributed by atoms with Gasteiger partial charge in [0.1, 0.15) is 0 Å². The molecule has 0 radical (unpaired) electrons. The van der Waals surface area contributed by atoms with E-state index in [9.17, 15) is 0 Å². The van der Waals surface area contributed by atoms with E-state index in [2.05, 4.69) is 45.4 Å². The van der Waals surface area contributed by atoms with Crippen molar-refractivity contribution in [2.45, 2.75) is 39.9 Å². The van der Waals surface area contributed by atoms with Gasteiger partial charge in [-0.15, -0.1) is 0 Å². The van der Waals surface area contributed by atoms with Crippen LogP contribution in [0.1, 0.15) is 30.6 Å². The summed E-state index contributed by atoms with van der Waals surface area (Å²) >= 11 is 0. The third kappa shape index (κ3) is 3.42. The molecule has 0 saturated heterocycles. The van der Waals surface area contributed by atoms with Crippen LogP contribution in [-0.4, -0.2) is 14.7 Å². The van der Waals surface area contributed by atoms with E-state index in [1.54, 1.807) is 6.92 Å². The Kier molecular flexibility index (Phi) is 3.93. The summed E-state index contributed by atoms with van der Waals surface area (Å²) in [5, 5.41) is 7.12. The monoisotopic (exact) mass is 234 g/mol. The van der Waals surface area contributed by atoms with Gasteiger partial charge in [-0.1, -0.05) is 12.1 Å². The van der Waals surface area contributed by atoms with Gasteiger partial charge in [0.15, 0.2) is 5.82 Å². The van der Waals surface area contributed by atoms with E-state index >= 15 is 0 Å². The van der Waals surface area contributed by atoms with Crippen molar-refractivity contribution in [3.8, 4) is 0 Å². The third-order valence-corrected chi connectivity index (χ3v) is 2.48. The van der Waals surface area contributed by atoms with E-state index in [0.29, 0.717) is 18.3 Å². The fraction of sp³-hybridized carbons (Fsp3) is 0.500. The van der Waals surface area contributed by atoms with E-state index < -0.39 is 0 Å². The maximum atomic E-state index is 4.90. The lowest BCUT2D eigenvalue weighted by Crippen LogP contribution is -2.13. The number of aryl methyl sites for hydroxylation is 2. The molecule has 0 unspecified atom stereocenters. The Bertz CT molecular complexity index is 461. The van der Waals surface area contributed by atoms with E-state index in [1.807, 2.05) is 0 Å². The predicted octanol–water partition coefficient (Wildman–Crippen LogP) is 1.88. The maximum Gasteiger partial charge on any atom is 0.223 e. The Morgan fingerprint density at radius 1 is 1.41 bits per heavy atom. The standard InChI is InChI=1S/C12H18N4O/c1-3-5-16-6-4-11(9-16)7-13-8-12-14-10(2)17-15-12/h4,6,9,13H,3,5,7-8H2,1-2H3. The molecule has 0 aromatic carbocycles. The molecule has 5 heteroatoms. The summed E-state index contributed by atoms with van der Waals surface area (Å²) in [7, 11) is 0. The molecular weight excluding hydrogens is 216 g/mol. The molecule has 0 aliphatic rings. The number of nitrogens with one attached hydrogen (secondary N) is 1. The highest BCUT2D eigenvalue weighted by molar-refractivity contribution is 5.09. The largest absolute Gasteiger partial charge is 0.354 e. The van der Waals surface area contributed by atoms with Crippen molar-refractivity contribution in [1.29, 1.82) is 0 Å². The summed E-state index contributed by atoms with van der Waals surface area (Å²) in [5.41, 5.74) is 1.28. The SMILES string of the molecule is CCCn1ccc(CNCc2noc(C)n2)c1. The zero-order valence-electron chi connectivity index (χ0n) is 10.3. The molecule has 0 bridgehead atoms. The van der Waals surface area contributed by atoms with Crippen LogP contribution in [0, 0.1) is 6.92 Å². The van der Waals surface area contributed by atoms with Crippen LogP contribution in [0.3, 0.4) is 0 Å². The molecule has 0 saturated carbocycles. The molecule has 5 nitrogen and oxygen atoms in total. The first-order valence-corrected chi connectivity index (χ1v) is 5.92. The van der Waals surface area contributed by atoms with Gasteiger partial charge in [-0.25, -0.2) is 0 Å². The lowest BCUT2D eigenvalue weighted by molar-refractivity contribution is 0.385. The molecule has 0 atom stereocenters. The second-order valence-corrected chi connectivity index (χ2v) is 4.09. The molecule has 0 fully saturated rings. The number of aromatic nitrogens is 3. The van der Waals surface area contributed by atoms with Gasteiger partial charge in [0, 0.05) is 32.4 Å². The molecule has 2 aromatic heterocycles. The molecule has 0 amide bonds. The van der Waals surface area contributed by atoms with Crippen LogP contribution < -0.4 is 5.32 Å². The highest BCUT2D eigenvalue weighted by Crippen LogP contribution is 2.02. The Morgan fingerprint density at radius 2 is 2.29 bits per heavy atom. The van der Waals surface area contributed by atoms with Crippen LogP contribution in [-0.2, 0) is 19.6 Å². The molecule has 2 aromatic rings. The van der Waals surface area contributed by atoms with Gasteiger partial charge in [-0.2, -0.15) is 4.98 Å².